The molecule has 0 radical (unpaired) electrons. The normalized spacial score (nSPS) is 11.2. The minimum absolute atomic E-state index is 0.106. The van der Waals surface area contributed by atoms with Crippen LogP contribution in [0, 0.1) is 6.92 Å². The van der Waals surface area contributed by atoms with E-state index in [0.717, 1.165) is 18.3 Å². The summed E-state index contributed by atoms with van der Waals surface area (Å²) in [5, 5.41) is 8.36. The number of pyridine rings is 1. The molecule has 8 nitrogen and oxygen atoms in total. The summed E-state index contributed by atoms with van der Waals surface area (Å²) in [7, 11) is -3.95. The number of aryl methyl sites for hydroxylation is 1. The Balaban J connectivity index is 2.26. The minimum Gasteiger partial charge on any atom is -0.478 e. The Labute approximate surface area is 108 Å². The summed E-state index contributed by atoms with van der Waals surface area (Å²) in [6.45, 7) is 1.64. The highest BCUT2D eigenvalue weighted by Crippen LogP contribution is 2.14. The van der Waals surface area contributed by atoms with Crippen LogP contribution in [-0.2, 0) is 10.0 Å². The quantitative estimate of drug-likeness (QED) is 0.853. The lowest BCUT2D eigenvalue weighted by molar-refractivity contribution is 0.0696. The topological polar surface area (TPSA) is 122 Å². The van der Waals surface area contributed by atoms with Gasteiger partial charge in [-0.05, 0) is 19.1 Å². The molecule has 0 bridgehead atoms. The van der Waals surface area contributed by atoms with Gasteiger partial charge in [-0.25, -0.2) is 14.5 Å². The predicted molar refractivity (Wildman–Crippen MR) is 63.2 cm³/mol. The monoisotopic (exact) mass is 283 g/mol. The third kappa shape index (κ3) is 2.88. The van der Waals surface area contributed by atoms with Gasteiger partial charge in [0, 0.05) is 6.20 Å². The Kier molecular flexibility index (Phi) is 3.21. The van der Waals surface area contributed by atoms with Crippen LogP contribution in [0.4, 0.5) is 6.01 Å². The average Bonchev–Trinajstić information content (AvgIpc) is 2.74. The van der Waals surface area contributed by atoms with Crippen molar-refractivity contribution < 1.29 is 22.7 Å². The molecule has 0 aromatic carbocycles. The fraction of sp³-hybridized carbons (Fsp3) is 0.100. The summed E-state index contributed by atoms with van der Waals surface area (Å²) in [6, 6.07) is 2.05. The van der Waals surface area contributed by atoms with Crippen LogP contribution in [0.2, 0.25) is 0 Å². The second-order valence-electron chi connectivity index (χ2n) is 3.59. The van der Waals surface area contributed by atoms with Gasteiger partial charge in [-0.3, -0.25) is 0 Å². The van der Waals surface area contributed by atoms with Gasteiger partial charge in [0.15, 0.2) is 5.03 Å². The van der Waals surface area contributed by atoms with Crippen LogP contribution >= 0.6 is 0 Å². The van der Waals surface area contributed by atoms with E-state index in [9.17, 15) is 13.2 Å². The molecule has 2 rings (SSSR count). The van der Waals surface area contributed by atoms with Crippen LogP contribution in [-0.4, -0.2) is 29.5 Å². The number of aromatic carboxylic acids is 1. The number of anilines is 1. The van der Waals surface area contributed by atoms with Gasteiger partial charge in [-0.15, -0.1) is 0 Å². The molecule has 100 valence electrons. The van der Waals surface area contributed by atoms with Crippen molar-refractivity contribution in [2.24, 2.45) is 0 Å². The lowest BCUT2D eigenvalue weighted by Gasteiger charge is -2.03. The lowest BCUT2D eigenvalue weighted by Crippen LogP contribution is -2.15. The first kappa shape index (κ1) is 13.0. The van der Waals surface area contributed by atoms with Crippen LogP contribution in [0.15, 0.2) is 34.0 Å². The maximum atomic E-state index is 11.9. The van der Waals surface area contributed by atoms with Crippen molar-refractivity contribution in [1.82, 2.24) is 9.97 Å². The molecule has 0 fully saturated rings. The molecular formula is C10H9N3O5S. The largest absolute Gasteiger partial charge is 0.478 e. The number of nitrogens with one attached hydrogen (secondary N) is 1. The highest BCUT2D eigenvalue weighted by molar-refractivity contribution is 7.92. The van der Waals surface area contributed by atoms with Crippen molar-refractivity contribution in [1.29, 1.82) is 0 Å². The summed E-state index contributed by atoms with van der Waals surface area (Å²) >= 11 is 0. The van der Waals surface area contributed by atoms with E-state index in [-0.39, 0.29) is 16.6 Å². The summed E-state index contributed by atoms with van der Waals surface area (Å²) < 4.78 is 30.7. The van der Waals surface area contributed by atoms with E-state index in [1.807, 2.05) is 0 Å². The Morgan fingerprint density at radius 1 is 1.42 bits per heavy atom. The molecule has 2 heterocycles. The number of aromatic nitrogens is 2. The number of hydrogen-bond acceptors (Lipinski definition) is 6. The van der Waals surface area contributed by atoms with Crippen molar-refractivity contribution in [2.75, 3.05) is 4.72 Å². The van der Waals surface area contributed by atoms with Crippen molar-refractivity contribution in [3.63, 3.8) is 0 Å². The number of nitrogens with zero attached hydrogens (tertiary/aromatic N) is 2. The number of carboxylic acids is 1. The average molecular weight is 283 g/mol. The molecule has 0 spiro atoms. The van der Waals surface area contributed by atoms with Gasteiger partial charge in [-0.1, -0.05) is 0 Å². The smallest absolute Gasteiger partial charge is 0.337 e. The molecule has 2 N–H and O–H groups in total. The Morgan fingerprint density at radius 3 is 2.63 bits per heavy atom. The van der Waals surface area contributed by atoms with Gasteiger partial charge in [0.25, 0.3) is 10.0 Å². The molecule has 0 saturated heterocycles. The van der Waals surface area contributed by atoms with E-state index in [0.29, 0.717) is 5.69 Å². The van der Waals surface area contributed by atoms with Crippen LogP contribution in [0.1, 0.15) is 16.1 Å². The van der Waals surface area contributed by atoms with Crippen LogP contribution in [0.25, 0.3) is 0 Å². The second kappa shape index (κ2) is 4.69. The molecule has 0 atom stereocenters. The third-order valence-electron chi connectivity index (χ3n) is 2.10. The molecule has 0 aliphatic heterocycles. The molecule has 0 saturated carbocycles. The summed E-state index contributed by atoms with van der Waals surface area (Å²) in [5.74, 6) is -1.19. The van der Waals surface area contributed by atoms with Gasteiger partial charge in [-0.2, -0.15) is 13.4 Å². The first-order valence-electron chi connectivity index (χ1n) is 5.03. The molecule has 19 heavy (non-hydrogen) atoms. The minimum atomic E-state index is -3.95. The number of rotatable bonds is 4. The van der Waals surface area contributed by atoms with Gasteiger partial charge < -0.3 is 9.52 Å². The number of sulfonamides is 1. The zero-order valence-electron chi connectivity index (χ0n) is 9.69. The fourth-order valence-electron chi connectivity index (χ4n) is 1.23. The maximum absolute atomic E-state index is 11.9. The number of carboxylic acid groups (broad SMARTS) is 1. The van der Waals surface area contributed by atoms with Crippen LogP contribution in [0.5, 0.6) is 0 Å². The Hall–Kier alpha value is -2.42. The highest BCUT2D eigenvalue weighted by Gasteiger charge is 2.19. The van der Waals surface area contributed by atoms with Crippen LogP contribution < -0.4 is 4.72 Å². The molecule has 0 unspecified atom stereocenters. The molecule has 0 aliphatic carbocycles. The molecule has 2 aromatic rings. The Morgan fingerprint density at radius 2 is 2.16 bits per heavy atom. The van der Waals surface area contributed by atoms with E-state index in [2.05, 4.69) is 14.7 Å². The highest BCUT2D eigenvalue weighted by atomic mass is 32.2. The summed E-state index contributed by atoms with van der Waals surface area (Å²) in [5.41, 5.74) is 0.415. The zero-order chi connectivity index (χ0) is 14.0. The SMILES string of the molecule is Cc1coc(NS(=O)(=O)c2ccc(C(=O)O)cn2)n1. The number of oxazole rings is 1. The van der Waals surface area contributed by atoms with E-state index in [1.165, 1.54) is 6.26 Å². The van der Waals surface area contributed by atoms with Gasteiger partial charge in [0.1, 0.15) is 6.26 Å². The fourth-order valence-corrected chi connectivity index (χ4v) is 2.10. The van der Waals surface area contributed by atoms with E-state index >= 15 is 0 Å². The van der Waals surface area contributed by atoms with Crippen molar-refractivity contribution >= 4 is 22.0 Å². The number of carbonyl (C=O) groups is 1. The van der Waals surface area contributed by atoms with Gasteiger partial charge in [0.05, 0.1) is 11.3 Å². The van der Waals surface area contributed by atoms with E-state index < -0.39 is 16.0 Å². The molecule has 0 aliphatic rings. The van der Waals surface area contributed by atoms with E-state index in [4.69, 9.17) is 9.52 Å². The lowest BCUT2D eigenvalue weighted by atomic mass is 10.3. The first-order chi connectivity index (χ1) is 8.88. The van der Waals surface area contributed by atoms with Crippen molar-refractivity contribution in [2.45, 2.75) is 11.9 Å². The molecular weight excluding hydrogens is 274 g/mol. The van der Waals surface area contributed by atoms with Crippen LogP contribution in [0.3, 0.4) is 0 Å². The molecule has 9 heteroatoms. The summed E-state index contributed by atoms with van der Waals surface area (Å²) in [4.78, 5) is 18.0. The Bertz CT molecular complexity index is 705. The van der Waals surface area contributed by atoms with Gasteiger partial charge >= 0.3 is 12.0 Å². The third-order valence-corrected chi connectivity index (χ3v) is 3.33. The molecule has 2 aromatic heterocycles. The number of hydrogen-bond donors (Lipinski definition) is 2. The van der Waals surface area contributed by atoms with Gasteiger partial charge in [0.2, 0.25) is 0 Å². The van der Waals surface area contributed by atoms with Crippen molar-refractivity contribution in [3.8, 4) is 0 Å². The molecule has 0 amide bonds. The predicted octanol–water partition coefficient (Wildman–Crippen LogP) is 0.877. The maximum Gasteiger partial charge on any atom is 0.337 e. The zero-order valence-corrected chi connectivity index (χ0v) is 10.5. The van der Waals surface area contributed by atoms with Crippen molar-refractivity contribution in [3.05, 3.63) is 35.9 Å². The second-order valence-corrected chi connectivity index (χ2v) is 5.22. The van der Waals surface area contributed by atoms with E-state index in [1.54, 1.807) is 6.92 Å². The first-order valence-corrected chi connectivity index (χ1v) is 6.51. The summed E-state index contributed by atoms with van der Waals surface area (Å²) in [6.07, 6.45) is 2.25. The standard InChI is InChI=1S/C10H9N3O5S/c1-6-5-18-10(12-6)13-19(16,17)8-3-2-7(4-11-8)9(14)15/h2-5H,1H3,(H,12,13)(H,14,15).